The van der Waals surface area contributed by atoms with Gasteiger partial charge in [0.15, 0.2) is 0 Å². The number of aromatic nitrogens is 1. The Kier molecular flexibility index (Phi) is 5.98. The summed E-state index contributed by atoms with van der Waals surface area (Å²) in [6, 6.07) is 7.60. The molecule has 1 aromatic heterocycles. The zero-order valence-electron chi connectivity index (χ0n) is 13.6. The van der Waals surface area contributed by atoms with E-state index in [1.54, 1.807) is 0 Å². The number of benzene rings is 1. The molecule has 122 valence electrons. The second-order valence-corrected chi connectivity index (χ2v) is 6.34. The largest absolute Gasteiger partial charge is 0.338 e. The monoisotopic (exact) mass is 331 g/mol. The quantitative estimate of drug-likeness (QED) is 0.826. The molecule has 0 aliphatic heterocycles. The van der Waals surface area contributed by atoms with E-state index in [1.165, 1.54) is 11.8 Å². The van der Waals surface area contributed by atoms with Crippen LogP contribution in [-0.2, 0) is 4.79 Å². The van der Waals surface area contributed by atoms with Gasteiger partial charge in [0, 0.05) is 11.9 Å². The molecular formula is C17H21N3O2S. The molecule has 6 heteroatoms. The Hall–Kier alpha value is -2.08. The molecule has 3 amide bonds. The maximum atomic E-state index is 11.8. The average molecular weight is 331 g/mol. The smallest absolute Gasteiger partial charge is 0.321 e. The average Bonchev–Trinajstić information content (AvgIpc) is 2.52. The minimum atomic E-state index is -0.448. The number of pyridine rings is 1. The number of hydrogen-bond donors (Lipinski definition) is 2. The Morgan fingerprint density at radius 2 is 2.00 bits per heavy atom. The SMILES string of the molecule is CCCNC(=O)NC(=O)CSc1cc(C)c2cccc(C)c2n1. The number of aryl methyl sites for hydroxylation is 2. The van der Waals surface area contributed by atoms with Crippen LogP contribution >= 0.6 is 11.8 Å². The van der Waals surface area contributed by atoms with Crippen molar-refractivity contribution in [2.24, 2.45) is 0 Å². The molecule has 0 saturated heterocycles. The summed E-state index contributed by atoms with van der Waals surface area (Å²) in [7, 11) is 0. The summed E-state index contributed by atoms with van der Waals surface area (Å²) in [5.74, 6) is -0.170. The first-order chi connectivity index (χ1) is 11.0. The molecule has 0 aliphatic carbocycles. The van der Waals surface area contributed by atoms with Crippen molar-refractivity contribution in [2.45, 2.75) is 32.2 Å². The molecular weight excluding hydrogens is 310 g/mol. The molecule has 23 heavy (non-hydrogen) atoms. The lowest BCUT2D eigenvalue weighted by molar-refractivity contribution is -0.117. The first-order valence-corrected chi connectivity index (χ1v) is 8.57. The summed E-state index contributed by atoms with van der Waals surface area (Å²) in [6.45, 7) is 6.56. The minimum Gasteiger partial charge on any atom is -0.338 e. The number of urea groups is 1. The van der Waals surface area contributed by atoms with Gasteiger partial charge in [-0.15, -0.1) is 0 Å². The lowest BCUT2D eigenvalue weighted by atomic mass is 10.1. The van der Waals surface area contributed by atoms with Gasteiger partial charge in [-0.05, 0) is 37.5 Å². The highest BCUT2D eigenvalue weighted by atomic mass is 32.2. The minimum absolute atomic E-state index is 0.156. The van der Waals surface area contributed by atoms with Gasteiger partial charge in [0.25, 0.3) is 0 Å². The molecule has 2 rings (SSSR count). The van der Waals surface area contributed by atoms with Crippen LogP contribution in [0.2, 0.25) is 0 Å². The van der Waals surface area contributed by atoms with Crippen LogP contribution < -0.4 is 10.6 Å². The zero-order chi connectivity index (χ0) is 16.8. The van der Waals surface area contributed by atoms with Crippen molar-refractivity contribution >= 4 is 34.6 Å². The summed E-state index contributed by atoms with van der Waals surface area (Å²) < 4.78 is 0. The number of fused-ring (bicyclic) bond motifs is 1. The van der Waals surface area contributed by atoms with Crippen LogP contribution in [0.4, 0.5) is 4.79 Å². The Morgan fingerprint density at radius 3 is 2.74 bits per heavy atom. The molecule has 0 radical (unpaired) electrons. The third-order valence-electron chi connectivity index (χ3n) is 3.36. The van der Waals surface area contributed by atoms with Crippen LogP contribution in [0.1, 0.15) is 24.5 Å². The van der Waals surface area contributed by atoms with Crippen molar-refractivity contribution < 1.29 is 9.59 Å². The number of amides is 3. The first-order valence-electron chi connectivity index (χ1n) is 7.58. The number of nitrogens with zero attached hydrogens (tertiary/aromatic N) is 1. The van der Waals surface area contributed by atoms with Crippen LogP contribution in [0.3, 0.4) is 0 Å². The van der Waals surface area contributed by atoms with E-state index in [1.807, 2.05) is 45.0 Å². The lowest BCUT2D eigenvalue weighted by Crippen LogP contribution is -2.40. The molecule has 0 fully saturated rings. The number of para-hydroxylation sites is 1. The van der Waals surface area contributed by atoms with Crippen molar-refractivity contribution in [3.05, 3.63) is 35.4 Å². The number of imide groups is 1. The van der Waals surface area contributed by atoms with Gasteiger partial charge in [0.2, 0.25) is 5.91 Å². The van der Waals surface area contributed by atoms with Crippen LogP contribution in [0.25, 0.3) is 10.9 Å². The third-order valence-corrected chi connectivity index (χ3v) is 4.28. The predicted molar refractivity (Wildman–Crippen MR) is 93.8 cm³/mol. The zero-order valence-corrected chi connectivity index (χ0v) is 14.4. The van der Waals surface area contributed by atoms with E-state index >= 15 is 0 Å². The van der Waals surface area contributed by atoms with E-state index in [-0.39, 0.29) is 11.7 Å². The second-order valence-electron chi connectivity index (χ2n) is 5.34. The number of nitrogens with one attached hydrogen (secondary N) is 2. The molecule has 2 aromatic rings. The number of carbonyl (C=O) groups excluding carboxylic acids is 2. The van der Waals surface area contributed by atoms with Crippen molar-refractivity contribution in [1.29, 1.82) is 0 Å². The Morgan fingerprint density at radius 1 is 1.22 bits per heavy atom. The maximum absolute atomic E-state index is 11.8. The van der Waals surface area contributed by atoms with Gasteiger partial charge in [-0.3, -0.25) is 10.1 Å². The molecule has 0 unspecified atom stereocenters. The van der Waals surface area contributed by atoms with Gasteiger partial charge < -0.3 is 5.32 Å². The van der Waals surface area contributed by atoms with E-state index in [0.717, 1.165) is 33.5 Å². The lowest BCUT2D eigenvalue weighted by Gasteiger charge is -2.08. The molecule has 5 nitrogen and oxygen atoms in total. The van der Waals surface area contributed by atoms with Gasteiger partial charge in [0.05, 0.1) is 16.3 Å². The topological polar surface area (TPSA) is 71.1 Å². The van der Waals surface area contributed by atoms with Gasteiger partial charge in [-0.25, -0.2) is 9.78 Å². The molecule has 1 aromatic carbocycles. The highest BCUT2D eigenvalue weighted by Gasteiger charge is 2.10. The predicted octanol–water partition coefficient (Wildman–Crippen LogP) is 3.18. The highest BCUT2D eigenvalue weighted by molar-refractivity contribution is 7.99. The Labute approximate surface area is 140 Å². The van der Waals surface area contributed by atoms with Crippen LogP contribution in [0, 0.1) is 13.8 Å². The Bertz CT molecular complexity index is 731. The van der Waals surface area contributed by atoms with Crippen LogP contribution in [0.15, 0.2) is 29.3 Å². The van der Waals surface area contributed by atoms with E-state index in [2.05, 4.69) is 15.6 Å². The molecule has 0 spiro atoms. The van der Waals surface area contributed by atoms with Crippen LogP contribution in [0.5, 0.6) is 0 Å². The van der Waals surface area contributed by atoms with E-state index in [9.17, 15) is 9.59 Å². The van der Waals surface area contributed by atoms with Crippen molar-refractivity contribution in [1.82, 2.24) is 15.6 Å². The second kappa shape index (κ2) is 7.97. The summed E-state index contributed by atoms with van der Waals surface area (Å²) in [6.07, 6.45) is 0.829. The molecule has 1 heterocycles. The fraction of sp³-hybridized carbons (Fsp3) is 0.353. The highest BCUT2D eigenvalue weighted by Crippen LogP contribution is 2.25. The van der Waals surface area contributed by atoms with Gasteiger partial charge in [0.1, 0.15) is 0 Å². The molecule has 2 N–H and O–H groups in total. The fourth-order valence-corrected chi connectivity index (χ4v) is 2.96. The van der Waals surface area contributed by atoms with Crippen molar-refractivity contribution in [3.63, 3.8) is 0 Å². The summed E-state index contributed by atoms with van der Waals surface area (Å²) in [5.41, 5.74) is 3.19. The third kappa shape index (κ3) is 4.69. The molecule has 0 atom stereocenters. The first kappa shape index (κ1) is 17.3. The van der Waals surface area contributed by atoms with Gasteiger partial charge in [-0.1, -0.05) is 36.9 Å². The summed E-state index contributed by atoms with van der Waals surface area (Å²) in [4.78, 5) is 27.8. The Balaban J connectivity index is 2.01. The fourth-order valence-electron chi connectivity index (χ4n) is 2.19. The van der Waals surface area contributed by atoms with Gasteiger partial charge >= 0.3 is 6.03 Å². The van der Waals surface area contributed by atoms with Crippen molar-refractivity contribution in [3.8, 4) is 0 Å². The standard InChI is InChI=1S/C17H21N3O2S/c1-4-8-18-17(22)19-14(21)10-23-15-9-12(3)13-7-5-6-11(2)16(13)20-15/h5-7,9H,4,8,10H2,1-3H3,(H2,18,19,21,22). The number of thioether (sulfide) groups is 1. The molecule has 0 saturated carbocycles. The van der Waals surface area contributed by atoms with Gasteiger partial charge in [-0.2, -0.15) is 0 Å². The van der Waals surface area contributed by atoms with E-state index in [0.29, 0.717) is 6.54 Å². The van der Waals surface area contributed by atoms with E-state index < -0.39 is 6.03 Å². The number of carbonyl (C=O) groups is 2. The molecule has 0 aliphatic rings. The summed E-state index contributed by atoms with van der Waals surface area (Å²) in [5, 5.41) is 6.83. The molecule has 0 bridgehead atoms. The normalized spacial score (nSPS) is 10.6. The number of hydrogen-bond acceptors (Lipinski definition) is 4. The maximum Gasteiger partial charge on any atom is 0.321 e. The summed E-state index contributed by atoms with van der Waals surface area (Å²) >= 11 is 1.33. The van der Waals surface area contributed by atoms with Crippen molar-refractivity contribution in [2.75, 3.05) is 12.3 Å². The number of rotatable bonds is 5. The van der Waals surface area contributed by atoms with E-state index in [4.69, 9.17) is 0 Å². The van der Waals surface area contributed by atoms with Crippen LogP contribution in [-0.4, -0.2) is 29.2 Å².